The molecule has 1 aliphatic carbocycles. The maximum Gasteiger partial charge on any atom is 0.258 e. The Bertz CT molecular complexity index is 633. The molecular weight excluding hydrogens is 244 g/mol. The molecule has 2 N–H and O–H groups in total. The quantitative estimate of drug-likeness (QED) is 0.853. The number of H-pyrrole nitrogens is 1. The Morgan fingerprint density at radius 3 is 2.53 bits per heavy atom. The summed E-state index contributed by atoms with van der Waals surface area (Å²) in [5.41, 5.74) is 0.110. The molecule has 0 atom stereocenters. The molecule has 0 radical (unpaired) electrons. The average Bonchev–Trinajstić information content (AvgIpc) is 2.93. The predicted octanol–water partition coefficient (Wildman–Crippen LogP) is 1.59. The molecule has 0 saturated heterocycles. The van der Waals surface area contributed by atoms with E-state index >= 15 is 0 Å². The first-order valence-corrected chi connectivity index (χ1v) is 6.36. The van der Waals surface area contributed by atoms with Crippen molar-refractivity contribution >= 4 is 0 Å². The summed E-state index contributed by atoms with van der Waals surface area (Å²) in [7, 11) is 0. The molecule has 1 fully saturated rings. The maximum absolute atomic E-state index is 12.1. The van der Waals surface area contributed by atoms with Crippen LogP contribution in [0.25, 0.3) is 11.6 Å². The molecule has 0 aliphatic heterocycles. The summed E-state index contributed by atoms with van der Waals surface area (Å²) in [5, 5.41) is 10.0. The highest BCUT2D eigenvalue weighted by Gasteiger charge is 2.25. The van der Waals surface area contributed by atoms with E-state index in [4.69, 9.17) is 0 Å². The van der Waals surface area contributed by atoms with Crippen molar-refractivity contribution in [1.82, 2.24) is 19.9 Å². The summed E-state index contributed by atoms with van der Waals surface area (Å²) in [4.78, 5) is 26.8. The van der Waals surface area contributed by atoms with Gasteiger partial charge >= 0.3 is 0 Å². The minimum absolute atomic E-state index is 0.113. The Hall–Kier alpha value is -2.24. The van der Waals surface area contributed by atoms with Gasteiger partial charge in [0, 0.05) is 12.4 Å². The molecule has 2 aromatic rings. The lowest BCUT2D eigenvalue weighted by Gasteiger charge is -2.10. The van der Waals surface area contributed by atoms with Crippen molar-refractivity contribution in [2.24, 2.45) is 0 Å². The third-order valence-electron chi connectivity index (χ3n) is 3.48. The van der Waals surface area contributed by atoms with Gasteiger partial charge in [-0.05, 0) is 24.8 Å². The molecule has 3 rings (SSSR count). The van der Waals surface area contributed by atoms with Crippen molar-refractivity contribution in [1.29, 1.82) is 0 Å². The second-order valence-electron chi connectivity index (χ2n) is 4.71. The van der Waals surface area contributed by atoms with Gasteiger partial charge in [0.25, 0.3) is 5.56 Å². The van der Waals surface area contributed by atoms with E-state index in [0.717, 1.165) is 25.7 Å². The number of nitrogens with zero attached hydrogens (tertiary/aromatic N) is 3. The van der Waals surface area contributed by atoms with E-state index in [1.54, 1.807) is 18.5 Å². The monoisotopic (exact) mass is 258 g/mol. The van der Waals surface area contributed by atoms with Crippen molar-refractivity contribution in [3.63, 3.8) is 0 Å². The smallest absolute Gasteiger partial charge is 0.258 e. The van der Waals surface area contributed by atoms with Crippen LogP contribution in [0.15, 0.2) is 23.3 Å². The predicted molar refractivity (Wildman–Crippen MR) is 68.8 cm³/mol. The van der Waals surface area contributed by atoms with Crippen molar-refractivity contribution < 1.29 is 5.11 Å². The lowest BCUT2D eigenvalue weighted by molar-refractivity contribution is 0.436. The van der Waals surface area contributed by atoms with Gasteiger partial charge in [0.15, 0.2) is 11.6 Å². The first-order valence-electron chi connectivity index (χ1n) is 6.36. The van der Waals surface area contributed by atoms with Crippen LogP contribution in [0, 0.1) is 0 Å². The fraction of sp³-hybridized carbons (Fsp3) is 0.385. The molecule has 0 amide bonds. The second-order valence-corrected chi connectivity index (χ2v) is 4.71. The van der Waals surface area contributed by atoms with Gasteiger partial charge in [0.05, 0.1) is 5.56 Å². The van der Waals surface area contributed by atoms with Crippen LogP contribution < -0.4 is 5.56 Å². The fourth-order valence-electron chi connectivity index (χ4n) is 2.58. The zero-order valence-corrected chi connectivity index (χ0v) is 10.3. The molecule has 2 heterocycles. The highest BCUT2D eigenvalue weighted by atomic mass is 16.3. The topological polar surface area (TPSA) is 91.8 Å². The molecule has 98 valence electrons. The molecule has 0 aromatic carbocycles. The van der Waals surface area contributed by atoms with E-state index in [2.05, 4.69) is 19.9 Å². The minimum Gasteiger partial charge on any atom is -0.493 e. The third-order valence-corrected chi connectivity index (χ3v) is 3.48. The SMILES string of the molecule is O=c1[nH]c(-c2ncccn2)nc(O)c1C1CCCC1. The fourth-order valence-corrected chi connectivity index (χ4v) is 2.58. The molecule has 0 bridgehead atoms. The standard InChI is InChI=1S/C13H14N4O2/c18-12-9(8-4-1-2-5-8)13(19)17-11(16-12)10-14-6-3-7-15-10/h3,6-8H,1-2,4-5H2,(H2,16,17,18,19). The van der Waals surface area contributed by atoms with Gasteiger partial charge in [-0.3, -0.25) is 4.79 Å². The van der Waals surface area contributed by atoms with Crippen LogP contribution in [0.1, 0.15) is 37.2 Å². The van der Waals surface area contributed by atoms with Crippen LogP contribution >= 0.6 is 0 Å². The average molecular weight is 258 g/mol. The number of hydrogen-bond acceptors (Lipinski definition) is 5. The van der Waals surface area contributed by atoms with Crippen molar-refractivity contribution in [3.05, 3.63) is 34.4 Å². The first-order chi connectivity index (χ1) is 9.25. The van der Waals surface area contributed by atoms with Gasteiger partial charge in [0.1, 0.15) is 0 Å². The van der Waals surface area contributed by atoms with E-state index in [-0.39, 0.29) is 23.2 Å². The lowest BCUT2D eigenvalue weighted by Crippen LogP contribution is -2.18. The highest BCUT2D eigenvalue weighted by molar-refractivity contribution is 5.44. The van der Waals surface area contributed by atoms with Gasteiger partial charge in [-0.2, -0.15) is 4.98 Å². The van der Waals surface area contributed by atoms with Crippen LogP contribution in [0.2, 0.25) is 0 Å². The van der Waals surface area contributed by atoms with Gasteiger partial charge in [0.2, 0.25) is 5.88 Å². The van der Waals surface area contributed by atoms with Gasteiger partial charge in [-0.1, -0.05) is 12.8 Å². The number of aromatic nitrogens is 4. The first kappa shape index (κ1) is 11.8. The van der Waals surface area contributed by atoms with Gasteiger partial charge in [-0.15, -0.1) is 0 Å². The van der Waals surface area contributed by atoms with Crippen molar-refractivity contribution in [3.8, 4) is 17.5 Å². The normalized spacial score (nSPS) is 15.8. The lowest BCUT2D eigenvalue weighted by atomic mass is 10.00. The van der Waals surface area contributed by atoms with Crippen LogP contribution in [-0.2, 0) is 0 Å². The van der Waals surface area contributed by atoms with E-state index in [0.29, 0.717) is 11.4 Å². The van der Waals surface area contributed by atoms with E-state index in [9.17, 15) is 9.90 Å². The molecule has 6 heteroatoms. The third kappa shape index (κ3) is 2.21. The molecule has 0 unspecified atom stereocenters. The Kier molecular flexibility index (Phi) is 2.98. The Morgan fingerprint density at radius 2 is 1.89 bits per heavy atom. The number of hydrogen-bond donors (Lipinski definition) is 2. The van der Waals surface area contributed by atoms with Gasteiger partial charge in [-0.25, -0.2) is 9.97 Å². The molecule has 6 nitrogen and oxygen atoms in total. The minimum atomic E-state index is -0.290. The van der Waals surface area contributed by atoms with E-state index < -0.39 is 0 Å². The zero-order chi connectivity index (χ0) is 13.2. The van der Waals surface area contributed by atoms with Gasteiger partial charge < -0.3 is 10.1 Å². The number of rotatable bonds is 2. The van der Waals surface area contributed by atoms with E-state index in [1.165, 1.54) is 0 Å². The number of aromatic amines is 1. The summed E-state index contributed by atoms with van der Waals surface area (Å²) in [6, 6.07) is 1.67. The molecule has 1 saturated carbocycles. The van der Waals surface area contributed by atoms with Crippen molar-refractivity contribution in [2.45, 2.75) is 31.6 Å². The number of nitrogens with one attached hydrogen (secondary N) is 1. The Balaban J connectivity index is 2.05. The largest absolute Gasteiger partial charge is 0.493 e. The summed E-state index contributed by atoms with van der Waals surface area (Å²) in [6.45, 7) is 0. The Labute approximate surface area is 109 Å². The Morgan fingerprint density at radius 1 is 1.21 bits per heavy atom. The summed E-state index contributed by atoms with van der Waals surface area (Å²) in [5.74, 6) is 0.415. The molecular formula is C13H14N4O2. The zero-order valence-electron chi connectivity index (χ0n) is 10.3. The molecule has 2 aromatic heterocycles. The van der Waals surface area contributed by atoms with Crippen LogP contribution in [0.5, 0.6) is 5.88 Å². The van der Waals surface area contributed by atoms with E-state index in [1.807, 2.05) is 0 Å². The maximum atomic E-state index is 12.1. The van der Waals surface area contributed by atoms with Crippen LogP contribution in [-0.4, -0.2) is 25.0 Å². The molecule has 1 aliphatic rings. The van der Waals surface area contributed by atoms with Crippen LogP contribution in [0.3, 0.4) is 0 Å². The summed E-state index contributed by atoms with van der Waals surface area (Å²) >= 11 is 0. The number of aromatic hydroxyl groups is 1. The highest BCUT2D eigenvalue weighted by Crippen LogP contribution is 2.35. The van der Waals surface area contributed by atoms with Crippen LogP contribution in [0.4, 0.5) is 0 Å². The van der Waals surface area contributed by atoms with Crippen molar-refractivity contribution in [2.75, 3.05) is 0 Å². The second kappa shape index (κ2) is 4.79. The molecule has 19 heavy (non-hydrogen) atoms. The summed E-state index contributed by atoms with van der Waals surface area (Å²) in [6.07, 6.45) is 7.16. The molecule has 0 spiro atoms. The summed E-state index contributed by atoms with van der Waals surface area (Å²) < 4.78 is 0.